The van der Waals surface area contributed by atoms with Gasteiger partial charge in [0.15, 0.2) is 0 Å². The Balaban J connectivity index is 2.60. The van der Waals surface area contributed by atoms with Crippen molar-refractivity contribution in [2.45, 2.75) is 19.5 Å². The summed E-state index contributed by atoms with van der Waals surface area (Å²) in [5.41, 5.74) is 0. The van der Waals surface area contributed by atoms with Gasteiger partial charge in [0.05, 0.1) is 0 Å². The van der Waals surface area contributed by atoms with Crippen LogP contribution in [0.25, 0.3) is 0 Å². The fourth-order valence-electron chi connectivity index (χ4n) is 1.24. The summed E-state index contributed by atoms with van der Waals surface area (Å²) < 4.78 is 2.12. The first-order valence-corrected chi connectivity index (χ1v) is 5.17. The lowest BCUT2D eigenvalue weighted by molar-refractivity contribution is 0.285. The molecule has 0 saturated carbocycles. The van der Waals surface area contributed by atoms with Gasteiger partial charge < -0.3 is 14.8 Å². The molecule has 0 amide bonds. The zero-order valence-corrected chi connectivity index (χ0v) is 9.77. The van der Waals surface area contributed by atoms with Gasteiger partial charge in [-0.05, 0) is 21.0 Å². The summed E-state index contributed by atoms with van der Waals surface area (Å²) >= 11 is 0. The maximum Gasteiger partial charge on any atom is 0.203 e. The monoisotopic (exact) mass is 208 g/mol. The average Bonchev–Trinajstić information content (AvgIpc) is 2.62. The zero-order valence-electron chi connectivity index (χ0n) is 9.77. The molecule has 0 aliphatic heterocycles. The molecular formula is C11H20N4. The lowest BCUT2D eigenvalue weighted by Crippen LogP contribution is -2.29. The van der Waals surface area contributed by atoms with Gasteiger partial charge in [-0.3, -0.25) is 0 Å². The Morgan fingerprint density at radius 3 is 3.00 bits per heavy atom. The van der Waals surface area contributed by atoms with E-state index in [-0.39, 0.29) is 0 Å². The number of anilines is 1. The second-order valence-electron chi connectivity index (χ2n) is 3.89. The summed E-state index contributed by atoms with van der Waals surface area (Å²) in [7, 11) is 4.16. The molecule has 4 nitrogen and oxygen atoms in total. The van der Waals surface area contributed by atoms with Crippen LogP contribution in [0.5, 0.6) is 0 Å². The van der Waals surface area contributed by atoms with Gasteiger partial charge >= 0.3 is 0 Å². The predicted octanol–water partition coefficient (Wildman–Crippen LogP) is 1.43. The van der Waals surface area contributed by atoms with E-state index in [1.54, 1.807) is 0 Å². The highest BCUT2D eigenvalue weighted by atomic mass is 15.2. The van der Waals surface area contributed by atoms with Crippen LogP contribution in [0.2, 0.25) is 0 Å². The predicted molar refractivity (Wildman–Crippen MR) is 64.1 cm³/mol. The SMILES string of the molecule is C=CCNc1nccn1CC(C)N(C)C. The van der Waals surface area contributed by atoms with E-state index < -0.39 is 0 Å². The summed E-state index contributed by atoms with van der Waals surface area (Å²) in [4.78, 5) is 6.44. The molecule has 0 aliphatic rings. The van der Waals surface area contributed by atoms with E-state index in [1.165, 1.54) is 0 Å². The highest BCUT2D eigenvalue weighted by molar-refractivity contribution is 5.26. The van der Waals surface area contributed by atoms with Crippen molar-refractivity contribution in [2.75, 3.05) is 26.0 Å². The number of rotatable bonds is 6. The molecule has 84 valence electrons. The van der Waals surface area contributed by atoms with Gasteiger partial charge in [0, 0.05) is 31.5 Å². The molecule has 0 aromatic carbocycles. The first kappa shape index (κ1) is 11.8. The second-order valence-corrected chi connectivity index (χ2v) is 3.89. The van der Waals surface area contributed by atoms with Crippen LogP contribution in [0.3, 0.4) is 0 Å². The maximum atomic E-state index is 4.25. The molecule has 0 spiro atoms. The molecule has 1 heterocycles. The summed E-state index contributed by atoms with van der Waals surface area (Å²) in [6.07, 6.45) is 5.63. The molecule has 1 rings (SSSR count). The third-order valence-electron chi connectivity index (χ3n) is 2.46. The van der Waals surface area contributed by atoms with E-state index in [4.69, 9.17) is 0 Å². The zero-order chi connectivity index (χ0) is 11.3. The average molecular weight is 208 g/mol. The topological polar surface area (TPSA) is 33.1 Å². The molecule has 0 radical (unpaired) electrons. The van der Waals surface area contributed by atoms with Crippen LogP contribution in [0.4, 0.5) is 5.95 Å². The molecule has 1 aromatic rings. The molecule has 0 bridgehead atoms. The number of nitrogens with one attached hydrogen (secondary N) is 1. The largest absolute Gasteiger partial charge is 0.352 e. The lowest BCUT2D eigenvalue weighted by atomic mass is 10.3. The Morgan fingerprint density at radius 1 is 1.67 bits per heavy atom. The Morgan fingerprint density at radius 2 is 2.40 bits per heavy atom. The summed E-state index contributed by atoms with van der Waals surface area (Å²) in [5, 5.41) is 3.20. The van der Waals surface area contributed by atoms with Crippen molar-refractivity contribution in [1.29, 1.82) is 0 Å². The van der Waals surface area contributed by atoms with Gasteiger partial charge in [-0.15, -0.1) is 6.58 Å². The number of nitrogens with zero attached hydrogens (tertiary/aromatic N) is 3. The number of imidazole rings is 1. The Kier molecular flexibility index (Phi) is 4.37. The number of aromatic nitrogens is 2. The van der Waals surface area contributed by atoms with Gasteiger partial charge in [-0.2, -0.15) is 0 Å². The van der Waals surface area contributed by atoms with Crippen LogP contribution in [-0.2, 0) is 6.54 Å². The molecule has 1 aromatic heterocycles. The minimum atomic E-state index is 0.489. The molecule has 1 N–H and O–H groups in total. The van der Waals surface area contributed by atoms with Crippen molar-refractivity contribution in [1.82, 2.24) is 14.5 Å². The van der Waals surface area contributed by atoms with Crippen LogP contribution >= 0.6 is 0 Å². The number of hydrogen-bond acceptors (Lipinski definition) is 3. The van der Waals surface area contributed by atoms with E-state index >= 15 is 0 Å². The third-order valence-corrected chi connectivity index (χ3v) is 2.46. The fourth-order valence-corrected chi connectivity index (χ4v) is 1.24. The number of likely N-dealkylation sites (N-methyl/N-ethyl adjacent to an activating group) is 1. The summed E-state index contributed by atoms with van der Waals surface area (Å²) in [5.74, 6) is 0.906. The first-order chi connectivity index (χ1) is 7.15. The summed E-state index contributed by atoms with van der Waals surface area (Å²) in [6, 6.07) is 0.489. The van der Waals surface area contributed by atoms with Crippen molar-refractivity contribution in [3.63, 3.8) is 0 Å². The molecule has 15 heavy (non-hydrogen) atoms. The van der Waals surface area contributed by atoms with Crippen molar-refractivity contribution in [3.05, 3.63) is 25.0 Å². The molecule has 0 saturated heterocycles. The Labute approximate surface area is 91.6 Å². The van der Waals surface area contributed by atoms with E-state index in [1.807, 2.05) is 18.5 Å². The molecule has 0 fully saturated rings. The normalized spacial score (nSPS) is 12.8. The van der Waals surface area contributed by atoms with Crippen molar-refractivity contribution in [2.24, 2.45) is 0 Å². The van der Waals surface area contributed by atoms with Crippen LogP contribution in [0, 0.1) is 0 Å². The number of hydrogen-bond donors (Lipinski definition) is 1. The Hall–Kier alpha value is -1.29. The van der Waals surface area contributed by atoms with Gasteiger partial charge in [0.1, 0.15) is 0 Å². The second kappa shape index (κ2) is 5.56. The van der Waals surface area contributed by atoms with Gasteiger partial charge in [-0.1, -0.05) is 6.08 Å². The highest BCUT2D eigenvalue weighted by Crippen LogP contribution is 2.06. The maximum absolute atomic E-state index is 4.25. The smallest absolute Gasteiger partial charge is 0.203 e. The van der Waals surface area contributed by atoms with Gasteiger partial charge in [-0.25, -0.2) is 4.98 Å². The van der Waals surface area contributed by atoms with Crippen molar-refractivity contribution < 1.29 is 0 Å². The summed E-state index contributed by atoms with van der Waals surface area (Å²) in [6.45, 7) is 7.54. The fraction of sp³-hybridized carbons (Fsp3) is 0.545. The van der Waals surface area contributed by atoms with E-state index in [2.05, 4.69) is 47.4 Å². The third kappa shape index (κ3) is 3.40. The molecule has 4 heteroatoms. The molecule has 1 atom stereocenters. The standard InChI is InChI=1S/C11H20N4/c1-5-6-12-11-13-7-8-15(11)9-10(2)14(3)4/h5,7-8,10H,1,6,9H2,2-4H3,(H,12,13). The molecule has 0 aliphatic carbocycles. The van der Waals surface area contributed by atoms with Gasteiger partial charge in [0.25, 0.3) is 0 Å². The first-order valence-electron chi connectivity index (χ1n) is 5.17. The highest BCUT2D eigenvalue weighted by Gasteiger charge is 2.08. The van der Waals surface area contributed by atoms with Crippen molar-refractivity contribution >= 4 is 5.95 Å². The van der Waals surface area contributed by atoms with Crippen LogP contribution < -0.4 is 5.32 Å². The minimum Gasteiger partial charge on any atom is -0.352 e. The van der Waals surface area contributed by atoms with Crippen LogP contribution in [0.1, 0.15) is 6.92 Å². The lowest BCUT2D eigenvalue weighted by Gasteiger charge is -2.21. The van der Waals surface area contributed by atoms with E-state index in [9.17, 15) is 0 Å². The molecular weight excluding hydrogens is 188 g/mol. The van der Waals surface area contributed by atoms with E-state index in [0.29, 0.717) is 6.04 Å². The Bertz CT molecular complexity index is 303. The molecule has 1 unspecified atom stereocenters. The van der Waals surface area contributed by atoms with Crippen molar-refractivity contribution in [3.8, 4) is 0 Å². The van der Waals surface area contributed by atoms with Crippen LogP contribution in [0.15, 0.2) is 25.0 Å². The van der Waals surface area contributed by atoms with Crippen LogP contribution in [-0.4, -0.2) is 41.1 Å². The van der Waals surface area contributed by atoms with Gasteiger partial charge in [0.2, 0.25) is 5.95 Å². The van der Waals surface area contributed by atoms with E-state index in [0.717, 1.165) is 19.0 Å². The minimum absolute atomic E-state index is 0.489. The quantitative estimate of drug-likeness (QED) is 0.718.